The smallest absolute Gasteiger partial charge is 0.296 e. The van der Waals surface area contributed by atoms with Crippen LogP contribution in [-0.4, -0.2) is 39.1 Å². The number of aromatic nitrogens is 3. The maximum Gasteiger partial charge on any atom is 0.296 e. The second-order valence-electron chi connectivity index (χ2n) is 8.36. The molecule has 1 aliphatic rings. The van der Waals surface area contributed by atoms with Crippen LogP contribution >= 0.6 is 34.4 Å². The van der Waals surface area contributed by atoms with Crippen LogP contribution < -0.4 is 9.64 Å². The summed E-state index contributed by atoms with van der Waals surface area (Å²) < 4.78 is 19.2. The van der Waals surface area contributed by atoms with Gasteiger partial charge in [0.2, 0.25) is 10.9 Å². The number of ether oxygens (including phenoxy) is 1. The van der Waals surface area contributed by atoms with Crippen molar-refractivity contribution in [1.82, 2.24) is 15.2 Å². The third kappa shape index (κ3) is 4.94. The minimum absolute atomic E-state index is 0.0503. The monoisotopic (exact) mass is 568 g/mol. The summed E-state index contributed by atoms with van der Waals surface area (Å²) in [5.74, 6) is -1.10. The Kier molecular flexibility index (Phi) is 7.28. The molecule has 1 amide bonds. The van der Waals surface area contributed by atoms with Crippen LogP contribution in [0.3, 0.4) is 0 Å². The number of thiazole rings is 1. The molecule has 0 spiro atoms. The number of ketones is 1. The van der Waals surface area contributed by atoms with Crippen molar-refractivity contribution in [2.75, 3.05) is 12.0 Å². The quantitative estimate of drug-likeness (QED) is 0.161. The van der Waals surface area contributed by atoms with E-state index < -0.39 is 23.5 Å². The Balaban J connectivity index is 1.52. The molecular weight excluding hydrogens is 548 g/mol. The fourth-order valence-electron chi connectivity index (χ4n) is 4.11. The standard InChI is InChI=1S/C26H21FN4O4S3/c1-13-23(37-14(2)28-13)21(32)19-20(16-5-4-6-18(11-16)35-3)31(24(34)22(19)33)25-29-30-26(38-25)36-12-15-7-9-17(27)10-8-15/h4-11,20,33H,12H2,1-3H3. The number of thioether (sulfide) groups is 1. The number of anilines is 1. The summed E-state index contributed by atoms with van der Waals surface area (Å²) in [7, 11) is 1.52. The molecule has 4 aromatic rings. The van der Waals surface area contributed by atoms with Crippen LogP contribution in [0.4, 0.5) is 9.52 Å². The van der Waals surface area contributed by atoms with Gasteiger partial charge in [-0.2, -0.15) is 0 Å². The molecule has 0 aliphatic carbocycles. The number of aliphatic hydroxyl groups excluding tert-OH is 1. The number of hydrogen-bond donors (Lipinski definition) is 1. The van der Waals surface area contributed by atoms with E-state index in [1.807, 2.05) is 0 Å². The molecule has 1 aliphatic heterocycles. The molecule has 8 nitrogen and oxygen atoms in total. The molecule has 5 rings (SSSR count). The average molecular weight is 569 g/mol. The van der Waals surface area contributed by atoms with Gasteiger partial charge >= 0.3 is 0 Å². The molecule has 2 aromatic heterocycles. The van der Waals surface area contributed by atoms with Crippen LogP contribution in [0, 0.1) is 19.7 Å². The van der Waals surface area contributed by atoms with Crippen LogP contribution in [0.15, 0.2) is 64.2 Å². The zero-order valence-corrected chi connectivity index (χ0v) is 22.9. The van der Waals surface area contributed by atoms with Gasteiger partial charge < -0.3 is 9.84 Å². The predicted octanol–water partition coefficient (Wildman–Crippen LogP) is 5.83. The normalized spacial score (nSPS) is 15.4. The fraction of sp³-hybridized carbons (Fsp3) is 0.192. The second-order valence-corrected chi connectivity index (χ2v) is 11.7. The number of methoxy groups -OCH3 is 1. The largest absolute Gasteiger partial charge is 0.503 e. The van der Waals surface area contributed by atoms with E-state index in [2.05, 4.69) is 15.2 Å². The van der Waals surface area contributed by atoms with Crippen molar-refractivity contribution in [2.45, 2.75) is 30.0 Å². The van der Waals surface area contributed by atoms with Gasteiger partial charge in [0.05, 0.1) is 34.3 Å². The molecule has 2 aromatic carbocycles. The second kappa shape index (κ2) is 10.6. The molecule has 194 valence electrons. The lowest BCUT2D eigenvalue weighted by Gasteiger charge is -2.24. The first kappa shape index (κ1) is 26.0. The van der Waals surface area contributed by atoms with Crippen LogP contribution in [-0.2, 0) is 10.5 Å². The molecule has 0 fully saturated rings. The van der Waals surface area contributed by atoms with E-state index in [4.69, 9.17) is 4.74 Å². The number of nitrogens with zero attached hydrogens (tertiary/aromatic N) is 4. The zero-order valence-electron chi connectivity index (χ0n) is 20.5. The van der Waals surface area contributed by atoms with Gasteiger partial charge in [-0.25, -0.2) is 9.37 Å². The van der Waals surface area contributed by atoms with Gasteiger partial charge in [0.1, 0.15) is 11.6 Å². The highest BCUT2D eigenvalue weighted by atomic mass is 32.2. The van der Waals surface area contributed by atoms with Gasteiger partial charge in [-0.3, -0.25) is 14.5 Å². The number of aryl methyl sites for hydroxylation is 2. The Morgan fingerprint density at radius 3 is 2.61 bits per heavy atom. The van der Waals surface area contributed by atoms with Crippen LogP contribution in [0.25, 0.3) is 0 Å². The maximum atomic E-state index is 13.7. The summed E-state index contributed by atoms with van der Waals surface area (Å²) in [4.78, 5) is 33.1. The summed E-state index contributed by atoms with van der Waals surface area (Å²) in [5.41, 5.74) is 1.95. The van der Waals surface area contributed by atoms with Crippen LogP contribution in [0.1, 0.15) is 37.5 Å². The average Bonchev–Trinajstić information content (AvgIpc) is 3.59. The van der Waals surface area contributed by atoms with E-state index in [0.717, 1.165) is 5.56 Å². The van der Waals surface area contributed by atoms with Gasteiger partial charge in [-0.15, -0.1) is 21.5 Å². The van der Waals surface area contributed by atoms with E-state index in [-0.39, 0.29) is 16.5 Å². The van der Waals surface area contributed by atoms with Gasteiger partial charge in [-0.05, 0) is 49.2 Å². The van der Waals surface area contributed by atoms with Gasteiger partial charge in [0.15, 0.2) is 10.1 Å². The lowest BCUT2D eigenvalue weighted by atomic mass is 9.95. The summed E-state index contributed by atoms with van der Waals surface area (Å²) in [6.45, 7) is 3.51. The minimum atomic E-state index is -0.949. The molecule has 1 unspecified atom stereocenters. The molecule has 0 bridgehead atoms. The van der Waals surface area contributed by atoms with Crippen molar-refractivity contribution in [3.63, 3.8) is 0 Å². The van der Waals surface area contributed by atoms with Crippen molar-refractivity contribution in [1.29, 1.82) is 0 Å². The molecule has 3 heterocycles. The van der Waals surface area contributed by atoms with Crippen molar-refractivity contribution in [2.24, 2.45) is 0 Å². The molecule has 1 N–H and O–H groups in total. The lowest BCUT2D eigenvalue weighted by molar-refractivity contribution is -0.117. The molecule has 0 radical (unpaired) electrons. The van der Waals surface area contributed by atoms with Crippen molar-refractivity contribution in [3.8, 4) is 5.75 Å². The summed E-state index contributed by atoms with van der Waals surface area (Å²) in [6.07, 6.45) is 0. The van der Waals surface area contributed by atoms with Gasteiger partial charge in [-0.1, -0.05) is 47.4 Å². The van der Waals surface area contributed by atoms with Crippen molar-refractivity contribution in [3.05, 3.63) is 92.4 Å². The highest BCUT2D eigenvalue weighted by molar-refractivity contribution is 8.00. The maximum absolute atomic E-state index is 13.7. The number of halogens is 1. The topological polar surface area (TPSA) is 106 Å². The molecule has 38 heavy (non-hydrogen) atoms. The van der Waals surface area contributed by atoms with E-state index >= 15 is 0 Å². The third-order valence-electron chi connectivity index (χ3n) is 5.85. The first-order chi connectivity index (χ1) is 18.3. The van der Waals surface area contributed by atoms with Gasteiger partial charge in [0, 0.05) is 5.75 Å². The summed E-state index contributed by atoms with van der Waals surface area (Å²) in [5, 5.41) is 20.4. The third-order valence-corrected chi connectivity index (χ3v) is 9.05. The number of amides is 1. The number of rotatable bonds is 8. The Morgan fingerprint density at radius 1 is 1.16 bits per heavy atom. The van der Waals surface area contributed by atoms with E-state index in [1.54, 1.807) is 50.2 Å². The summed E-state index contributed by atoms with van der Waals surface area (Å²) in [6, 6.07) is 12.2. The predicted molar refractivity (Wildman–Crippen MR) is 145 cm³/mol. The number of aliphatic hydroxyl groups is 1. The Labute approximate surface area is 229 Å². The van der Waals surface area contributed by atoms with E-state index in [0.29, 0.717) is 37.0 Å². The first-order valence-electron chi connectivity index (χ1n) is 11.4. The lowest BCUT2D eigenvalue weighted by Crippen LogP contribution is -2.31. The molecular formula is C26H21FN4O4S3. The zero-order chi connectivity index (χ0) is 27.0. The SMILES string of the molecule is COc1cccc(C2C(C(=O)c3sc(C)nc3C)=C(O)C(=O)N2c2nnc(SCc3ccc(F)cc3)s2)c1. The highest BCUT2D eigenvalue weighted by Gasteiger charge is 2.46. The number of benzene rings is 2. The summed E-state index contributed by atoms with van der Waals surface area (Å²) >= 11 is 3.76. The van der Waals surface area contributed by atoms with Crippen molar-refractivity contribution < 1.29 is 23.8 Å². The number of carbonyl (C=O) groups is 2. The first-order valence-corrected chi connectivity index (χ1v) is 14.0. The Bertz CT molecular complexity index is 1560. The number of hydrogen-bond acceptors (Lipinski definition) is 10. The fourth-order valence-corrected chi connectivity index (χ4v) is 6.81. The molecule has 12 heteroatoms. The number of carbonyl (C=O) groups excluding carboxylic acids is 2. The molecule has 0 saturated carbocycles. The highest BCUT2D eigenvalue weighted by Crippen LogP contribution is 2.45. The number of Topliss-reactive ketones (excluding diaryl/α,β-unsaturated/α-hetero) is 1. The Morgan fingerprint density at radius 2 is 1.92 bits per heavy atom. The van der Waals surface area contributed by atoms with E-state index in [1.165, 1.54) is 58.6 Å². The minimum Gasteiger partial charge on any atom is -0.503 e. The molecule has 0 saturated heterocycles. The molecule has 1 atom stereocenters. The van der Waals surface area contributed by atoms with Crippen LogP contribution in [0.2, 0.25) is 0 Å². The van der Waals surface area contributed by atoms with Crippen LogP contribution in [0.5, 0.6) is 5.75 Å². The van der Waals surface area contributed by atoms with Gasteiger partial charge in [0.25, 0.3) is 5.91 Å². The Hall–Kier alpha value is -3.61. The van der Waals surface area contributed by atoms with Crippen molar-refractivity contribution >= 4 is 51.3 Å². The van der Waals surface area contributed by atoms with E-state index in [9.17, 15) is 19.1 Å².